The molecule has 2 atom stereocenters. The molecular weight excluding hydrogens is 274 g/mol. The number of ether oxygens (including phenoxy) is 1. The average molecular weight is 297 g/mol. The molecule has 0 saturated carbocycles. The van der Waals surface area contributed by atoms with Gasteiger partial charge in [0.2, 0.25) is 0 Å². The predicted octanol–water partition coefficient (Wildman–Crippen LogP) is 2.93. The summed E-state index contributed by atoms with van der Waals surface area (Å²) in [5, 5.41) is 10.6. The Morgan fingerprint density at radius 1 is 1.14 bits per heavy atom. The third-order valence-corrected chi connectivity index (χ3v) is 4.20. The average Bonchev–Trinajstić information content (AvgIpc) is 2.56. The van der Waals surface area contributed by atoms with E-state index in [0.29, 0.717) is 6.61 Å². The molecule has 0 aliphatic carbocycles. The number of hydrogen-bond acceptors (Lipinski definition) is 3. The number of hydrogen-bond donors (Lipinski definition) is 1. The SMILES string of the molecule is Cc1ccc(C(O)[C@H]2CN(Cc3ccccc3)CCO2)cc1. The summed E-state index contributed by atoms with van der Waals surface area (Å²) in [6.45, 7) is 5.28. The van der Waals surface area contributed by atoms with Crippen LogP contribution in [0.1, 0.15) is 22.8 Å². The second-order valence-electron chi connectivity index (χ2n) is 5.99. The van der Waals surface area contributed by atoms with Gasteiger partial charge in [0.15, 0.2) is 0 Å². The van der Waals surface area contributed by atoms with E-state index < -0.39 is 6.10 Å². The fraction of sp³-hybridized carbons (Fsp3) is 0.368. The smallest absolute Gasteiger partial charge is 0.106 e. The monoisotopic (exact) mass is 297 g/mol. The van der Waals surface area contributed by atoms with Crippen molar-refractivity contribution in [1.29, 1.82) is 0 Å². The maximum absolute atomic E-state index is 10.6. The molecule has 3 nitrogen and oxygen atoms in total. The van der Waals surface area contributed by atoms with Crippen LogP contribution in [0.2, 0.25) is 0 Å². The molecule has 22 heavy (non-hydrogen) atoms. The van der Waals surface area contributed by atoms with Gasteiger partial charge in [0, 0.05) is 19.6 Å². The summed E-state index contributed by atoms with van der Waals surface area (Å²) in [6, 6.07) is 18.5. The van der Waals surface area contributed by atoms with E-state index in [4.69, 9.17) is 4.74 Å². The van der Waals surface area contributed by atoms with Crippen LogP contribution in [0.3, 0.4) is 0 Å². The van der Waals surface area contributed by atoms with E-state index in [1.165, 1.54) is 11.1 Å². The molecule has 1 fully saturated rings. The topological polar surface area (TPSA) is 32.7 Å². The summed E-state index contributed by atoms with van der Waals surface area (Å²) in [7, 11) is 0. The van der Waals surface area contributed by atoms with Crippen molar-refractivity contribution in [3.8, 4) is 0 Å². The number of aryl methyl sites for hydroxylation is 1. The molecule has 0 bridgehead atoms. The zero-order valence-electron chi connectivity index (χ0n) is 13.0. The Bertz CT molecular complexity index is 582. The molecule has 1 aliphatic heterocycles. The van der Waals surface area contributed by atoms with Crippen molar-refractivity contribution in [3.63, 3.8) is 0 Å². The van der Waals surface area contributed by atoms with Crippen LogP contribution in [0.15, 0.2) is 54.6 Å². The predicted molar refractivity (Wildman–Crippen MR) is 87.6 cm³/mol. The van der Waals surface area contributed by atoms with Crippen molar-refractivity contribution >= 4 is 0 Å². The molecule has 3 heteroatoms. The van der Waals surface area contributed by atoms with E-state index in [2.05, 4.69) is 36.1 Å². The van der Waals surface area contributed by atoms with Crippen LogP contribution in [0.4, 0.5) is 0 Å². The molecule has 1 saturated heterocycles. The normalized spacial score (nSPS) is 20.7. The van der Waals surface area contributed by atoms with E-state index in [1.807, 2.05) is 30.3 Å². The summed E-state index contributed by atoms with van der Waals surface area (Å²) >= 11 is 0. The first kappa shape index (κ1) is 15.2. The molecule has 1 aliphatic rings. The van der Waals surface area contributed by atoms with Gasteiger partial charge in [-0.3, -0.25) is 4.90 Å². The van der Waals surface area contributed by atoms with Crippen molar-refractivity contribution in [2.24, 2.45) is 0 Å². The lowest BCUT2D eigenvalue weighted by Crippen LogP contribution is -2.44. The van der Waals surface area contributed by atoms with Gasteiger partial charge in [-0.15, -0.1) is 0 Å². The highest BCUT2D eigenvalue weighted by Gasteiger charge is 2.27. The maximum Gasteiger partial charge on any atom is 0.106 e. The summed E-state index contributed by atoms with van der Waals surface area (Å²) in [4.78, 5) is 2.35. The number of aliphatic hydroxyl groups excluding tert-OH is 1. The molecule has 0 aromatic heterocycles. The summed E-state index contributed by atoms with van der Waals surface area (Å²) in [6.07, 6.45) is -0.737. The Labute approximate surface area is 132 Å². The third-order valence-electron chi connectivity index (χ3n) is 4.20. The molecule has 3 rings (SSSR count). The molecular formula is C19H23NO2. The first-order chi connectivity index (χ1) is 10.7. The van der Waals surface area contributed by atoms with Crippen molar-refractivity contribution in [1.82, 2.24) is 4.90 Å². The van der Waals surface area contributed by atoms with Gasteiger partial charge in [0.05, 0.1) is 6.61 Å². The number of aliphatic hydroxyl groups is 1. The van der Waals surface area contributed by atoms with Crippen LogP contribution in [0, 0.1) is 6.92 Å². The molecule has 1 heterocycles. The highest BCUT2D eigenvalue weighted by atomic mass is 16.5. The quantitative estimate of drug-likeness (QED) is 0.942. The molecule has 0 amide bonds. The van der Waals surface area contributed by atoms with Crippen LogP contribution >= 0.6 is 0 Å². The van der Waals surface area contributed by atoms with E-state index in [0.717, 1.165) is 25.2 Å². The van der Waals surface area contributed by atoms with E-state index >= 15 is 0 Å². The van der Waals surface area contributed by atoms with Crippen LogP contribution in [-0.2, 0) is 11.3 Å². The lowest BCUT2D eigenvalue weighted by atomic mass is 10.0. The van der Waals surface area contributed by atoms with Crippen molar-refractivity contribution in [2.45, 2.75) is 25.7 Å². The van der Waals surface area contributed by atoms with Gasteiger partial charge < -0.3 is 9.84 Å². The Hall–Kier alpha value is -1.68. The summed E-state index contributed by atoms with van der Waals surface area (Å²) < 4.78 is 5.80. The lowest BCUT2D eigenvalue weighted by molar-refractivity contribution is -0.0918. The minimum absolute atomic E-state index is 0.167. The van der Waals surface area contributed by atoms with Crippen molar-refractivity contribution in [2.75, 3.05) is 19.7 Å². The molecule has 0 spiro atoms. The van der Waals surface area contributed by atoms with Gasteiger partial charge in [-0.1, -0.05) is 60.2 Å². The molecule has 1 unspecified atom stereocenters. The minimum atomic E-state index is -0.570. The Morgan fingerprint density at radius 3 is 2.59 bits per heavy atom. The molecule has 1 N–H and O–H groups in total. The number of morpholine rings is 1. The highest BCUT2D eigenvalue weighted by molar-refractivity contribution is 5.24. The summed E-state index contributed by atoms with van der Waals surface area (Å²) in [5.74, 6) is 0. The standard InChI is InChI=1S/C19H23NO2/c1-15-7-9-17(10-8-15)19(21)18-14-20(11-12-22-18)13-16-5-3-2-4-6-16/h2-10,18-19,21H,11-14H2,1H3/t18-,19?/m1/s1. The van der Waals surface area contributed by atoms with Crippen LogP contribution in [-0.4, -0.2) is 35.8 Å². The molecule has 116 valence electrons. The third kappa shape index (κ3) is 3.74. The molecule has 2 aromatic rings. The van der Waals surface area contributed by atoms with Gasteiger partial charge in [-0.25, -0.2) is 0 Å². The number of rotatable bonds is 4. The van der Waals surface area contributed by atoms with Gasteiger partial charge in [-0.05, 0) is 18.1 Å². The lowest BCUT2D eigenvalue weighted by Gasteiger charge is -2.35. The second-order valence-corrected chi connectivity index (χ2v) is 5.99. The van der Waals surface area contributed by atoms with E-state index in [9.17, 15) is 5.11 Å². The number of nitrogens with zero attached hydrogens (tertiary/aromatic N) is 1. The van der Waals surface area contributed by atoms with Gasteiger partial charge in [0.25, 0.3) is 0 Å². The van der Waals surface area contributed by atoms with Crippen LogP contribution < -0.4 is 0 Å². The molecule has 2 aromatic carbocycles. The highest BCUT2D eigenvalue weighted by Crippen LogP contribution is 2.23. The first-order valence-electron chi connectivity index (χ1n) is 7.85. The van der Waals surface area contributed by atoms with Crippen molar-refractivity contribution < 1.29 is 9.84 Å². The largest absolute Gasteiger partial charge is 0.386 e. The van der Waals surface area contributed by atoms with Crippen molar-refractivity contribution in [3.05, 3.63) is 71.3 Å². The first-order valence-corrected chi connectivity index (χ1v) is 7.85. The Morgan fingerprint density at radius 2 is 1.86 bits per heavy atom. The fourth-order valence-electron chi connectivity index (χ4n) is 2.89. The van der Waals surface area contributed by atoms with Crippen LogP contribution in [0.5, 0.6) is 0 Å². The minimum Gasteiger partial charge on any atom is -0.386 e. The summed E-state index contributed by atoms with van der Waals surface area (Å²) in [5.41, 5.74) is 3.43. The zero-order valence-corrected chi connectivity index (χ0v) is 13.0. The van der Waals surface area contributed by atoms with E-state index in [-0.39, 0.29) is 6.10 Å². The maximum atomic E-state index is 10.6. The Kier molecular flexibility index (Phi) is 4.88. The van der Waals surface area contributed by atoms with Crippen LogP contribution in [0.25, 0.3) is 0 Å². The van der Waals surface area contributed by atoms with Gasteiger partial charge in [0.1, 0.15) is 12.2 Å². The van der Waals surface area contributed by atoms with Gasteiger partial charge in [-0.2, -0.15) is 0 Å². The van der Waals surface area contributed by atoms with E-state index in [1.54, 1.807) is 0 Å². The zero-order chi connectivity index (χ0) is 15.4. The molecule has 0 radical (unpaired) electrons. The number of benzene rings is 2. The fourth-order valence-corrected chi connectivity index (χ4v) is 2.89. The van der Waals surface area contributed by atoms with Gasteiger partial charge >= 0.3 is 0 Å². The Balaban J connectivity index is 1.63. The second kappa shape index (κ2) is 7.05.